The molecule has 8 bridgehead atoms. The lowest BCUT2D eigenvalue weighted by Gasteiger charge is -2.57. The lowest BCUT2D eigenvalue weighted by molar-refractivity contribution is -0.126. The lowest BCUT2D eigenvalue weighted by Crippen LogP contribution is -2.46. The quantitative estimate of drug-likeness (QED) is 0.0223. The normalized spacial score (nSPS) is 24.4. The molecule has 10 fully saturated rings. The first-order chi connectivity index (χ1) is 51.8. The highest BCUT2D eigenvalue weighted by Crippen LogP contribution is 2.63. The molecule has 566 valence electrons. The predicted molar refractivity (Wildman–Crippen MR) is 422 cm³/mol. The Morgan fingerprint density at radius 2 is 1.01 bits per heavy atom. The number of piperidine rings is 2. The number of hydrogen-bond donors (Lipinski definition) is 4. The number of allylic oxidation sites excluding steroid dienone is 1. The zero-order valence-corrected chi connectivity index (χ0v) is 63.9. The number of nitrogens with zero attached hydrogens (tertiary/aromatic N) is 10. The van der Waals surface area contributed by atoms with Crippen LogP contribution in [0.25, 0.3) is 44.6 Å². The topological polar surface area (TPSA) is 257 Å². The molecular weight excluding hydrogens is 1360 g/mol. The van der Waals surface area contributed by atoms with Crippen molar-refractivity contribution in [3.63, 3.8) is 0 Å². The van der Waals surface area contributed by atoms with Crippen LogP contribution in [0.15, 0.2) is 122 Å². The van der Waals surface area contributed by atoms with Crippen molar-refractivity contribution in [3.8, 4) is 45.5 Å². The van der Waals surface area contributed by atoms with Gasteiger partial charge in [0.1, 0.15) is 58.6 Å². The van der Waals surface area contributed by atoms with Gasteiger partial charge in [0.15, 0.2) is 11.3 Å². The smallest absolute Gasteiger partial charge is 0.244 e. The van der Waals surface area contributed by atoms with Crippen LogP contribution in [-0.4, -0.2) is 124 Å². The first-order valence-corrected chi connectivity index (χ1v) is 40.2. The molecule has 8 aliphatic carbocycles. The Morgan fingerprint density at radius 3 is 1.46 bits per heavy atom. The number of carbonyl (C=O) groups is 4. The molecule has 107 heavy (non-hydrogen) atoms. The van der Waals surface area contributed by atoms with Crippen LogP contribution in [0, 0.1) is 65.1 Å². The Balaban J connectivity index is 0.000000169. The summed E-state index contributed by atoms with van der Waals surface area (Å²) < 4.78 is 16.4. The lowest BCUT2D eigenvalue weighted by atomic mass is 9.48. The third-order valence-corrected chi connectivity index (χ3v) is 25.6. The van der Waals surface area contributed by atoms with Crippen LogP contribution in [0.1, 0.15) is 179 Å². The molecule has 4 aromatic heterocycles. The number of Topliss-reactive ketones (excluding diaryl/α,β-unsaturated/α-hetero) is 1. The van der Waals surface area contributed by atoms with Crippen molar-refractivity contribution >= 4 is 68.0 Å². The van der Waals surface area contributed by atoms with E-state index in [4.69, 9.17) is 47.7 Å². The van der Waals surface area contributed by atoms with Crippen molar-refractivity contribution < 1.29 is 28.7 Å². The van der Waals surface area contributed by atoms with E-state index in [0.29, 0.717) is 64.8 Å². The number of amides is 2. The fourth-order valence-electron chi connectivity index (χ4n) is 20.6. The minimum Gasteiger partial charge on any atom is -0.457 e. The Bertz CT molecular complexity index is 4380. The fraction of sp³-hybridized carbons (Fsp3) is 0.535. The maximum atomic E-state index is 13.1. The number of anilines is 2. The summed E-state index contributed by atoms with van der Waals surface area (Å²) in [6, 6.07) is 31.4. The molecule has 10 aliphatic rings. The van der Waals surface area contributed by atoms with Gasteiger partial charge in [-0.15, -0.1) is 0 Å². The highest BCUT2D eigenvalue weighted by atomic mass is 35.5. The number of para-hydroxylation sites is 2. The van der Waals surface area contributed by atoms with E-state index in [1.54, 1.807) is 6.33 Å². The Hall–Kier alpha value is -8.59. The number of hydrogen-bond acceptors (Lipinski definition) is 16. The second kappa shape index (κ2) is 33.5. The van der Waals surface area contributed by atoms with E-state index in [1.807, 2.05) is 116 Å². The highest BCUT2D eigenvalue weighted by molar-refractivity contribution is 6.66. The molecule has 2 atom stereocenters. The summed E-state index contributed by atoms with van der Waals surface area (Å²) in [6.07, 6.45) is 30.6. The SMILES string of the molecule is C=CC(=O)Cl.CCC(=O)Cc1cc(-c2nn(C3CCN(CCNC(=O)[C@H](C)CCC45CC6CC(CC(C6)C4)C5)CC3)c3ncnc(N)c23)ccc1Oc1ccccc1.Cc1ncnc2c1c(-c1ccc(Oc3ccccc3)c(N)c1)nn2C1CCN(CCNC(=O)[C@H](C)CCC23CC4CC(CC(C4)C2)C3)CC1. The van der Waals surface area contributed by atoms with Gasteiger partial charge in [-0.2, -0.15) is 10.2 Å². The van der Waals surface area contributed by atoms with Crippen molar-refractivity contribution in [2.24, 2.45) is 58.2 Å². The first kappa shape index (κ1) is 75.2. The van der Waals surface area contributed by atoms with Crippen molar-refractivity contribution in [2.45, 2.75) is 181 Å². The maximum Gasteiger partial charge on any atom is 0.244 e. The number of aryl methyl sites for hydroxylation is 1. The third kappa shape index (κ3) is 17.8. The number of nitrogens with two attached hydrogens (primary N) is 2. The van der Waals surface area contributed by atoms with E-state index in [-0.39, 0.29) is 47.9 Å². The number of rotatable bonds is 26. The largest absolute Gasteiger partial charge is 0.457 e. The third-order valence-electron chi connectivity index (χ3n) is 25.4. The molecule has 6 heterocycles. The van der Waals surface area contributed by atoms with Gasteiger partial charge < -0.3 is 41.4 Å². The number of nitrogen functional groups attached to an aromatic ring is 2. The summed E-state index contributed by atoms with van der Waals surface area (Å²) in [7, 11) is 0. The summed E-state index contributed by atoms with van der Waals surface area (Å²) in [4.78, 5) is 71.4. The Labute approximate surface area is 635 Å². The maximum absolute atomic E-state index is 13.1. The van der Waals surface area contributed by atoms with Crippen LogP contribution in [0.4, 0.5) is 11.5 Å². The van der Waals surface area contributed by atoms with E-state index in [9.17, 15) is 19.2 Å². The van der Waals surface area contributed by atoms with Crippen molar-refractivity contribution in [3.05, 3.63) is 134 Å². The number of ether oxygens (including phenoxy) is 2. The van der Waals surface area contributed by atoms with Gasteiger partial charge in [0.25, 0.3) is 0 Å². The zero-order valence-electron chi connectivity index (χ0n) is 63.1. The second-order valence-corrected chi connectivity index (χ2v) is 33.5. The van der Waals surface area contributed by atoms with Gasteiger partial charge >= 0.3 is 0 Å². The second-order valence-electron chi connectivity index (χ2n) is 33.1. The molecule has 18 rings (SSSR count). The van der Waals surface area contributed by atoms with Crippen LogP contribution < -0.4 is 31.6 Å². The Morgan fingerprint density at radius 1 is 0.589 bits per heavy atom. The van der Waals surface area contributed by atoms with Gasteiger partial charge in [-0.05, 0) is 260 Å². The van der Waals surface area contributed by atoms with E-state index in [2.05, 4.69) is 60.5 Å². The van der Waals surface area contributed by atoms with Gasteiger partial charge in [-0.1, -0.05) is 63.7 Å². The summed E-state index contributed by atoms with van der Waals surface area (Å²) in [6.45, 7) is 18.1. The fourth-order valence-corrected chi connectivity index (χ4v) is 20.6. The molecular formula is C86H109ClN14O6. The van der Waals surface area contributed by atoms with Gasteiger partial charge in [0.2, 0.25) is 17.1 Å². The predicted octanol–water partition coefficient (Wildman–Crippen LogP) is 16.3. The molecule has 20 nitrogen and oxygen atoms in total. The number of carbonyl (C=O) groups excluding carboxylic acids is 4. The Kier molecular flexibility index (Phi) is 23.6. The van der Waals surface area contributed by atoms with E-state index >= 15 is 0 Å². The average Bonchev–Trinajstić information content (AvgIpc) is 1.45. The number of likely N-dealkylation sites (tertiary alicyclic amines) is 2. The summed E-state index contributed by atoms with van der Waals surface area (Å²) in [5, 5.41) is 18.0. The van der Waals surface area contributed by atoms with Gasteiger partial charge in [-0.25, -0.2) is 29.3 Å². The van der Waals surface area contributed by atoms with Gasteiger partial charge in [0, 0.05) is 93.7 Å². The van der Waals surface area contributed by atoms with Gasteiger partial charge in [-0.3, -0.25) is 19.2 Å². The molecule has 6 N–H and O–H groups in total. The van der Waals surface area contributed by atoms with E-state index < -0.39 is 5.24 Å². The van der Waals surface area contributed by atoms with Crippen LogP contribution in [0.2, 0.25) is 0 Å². The number of ketones is 1. The number of benzene rings is 4. The number of halogens is 1. The van der Waals surface area contributed by atoms with Gasteiger partial charge in [0.05, 0.1) is 34.2 Å². The minimum atomic E-state index is -0.509. The molecule has 8 aromatic rings. The molecule has 8 saturated carbocycles. The number of aromatic nitrogens is 8. The molecule has 4 aromatic carbocycles. The van der Waals surface area contributed by atoms with Crippen LogP contribution in [0.3, 0.4) is 0 Å². The molecule has 0 unspecified atom stereocenters. The van der Waals surface area contributed by atoms with E-state index in [0.717, 1.165) is 175 Å². The summed E-state index contributed by atoms with van der Waals surface area (Å²) in [5.41, 5.74) is 21.2. The summed E-state index contributed by atoms with van der Waals surface area (Å²) in [5.74, 6) is 9.64. The molecule has 0 spiro atoms. The first-order valence-electron chi connectivity index (χ1n) is 39.9. The van der Waals surface area contributed by atoms with E-state index in [1.165, 1.54) is 96.2 Å². The zero-order chi connectivity index (χ0) is 74.3. The van der Waals surface area contributed by atoms with Crippen LogP contribution >= 0.6 is 11.6 Å². The van der Waals surface area contributed by atoms with Crippen molar-refractivity contribution in [1.82, 2.24) is 59.9 Å². The minimum absolute atomic E-state index is 0.0706. The van der Waals surface area contributed by atoms with Crippen LogP contribution in [-0.2, 0) is 25.6 Å². The highest BCUT2D eigenvalue weighted by Gasteiger charge is 2.52. The molecule has 2 saturated heterocycles. The molecule has 21 heteroatoms. The molecule has 2 aliphatic heterocycles. The average molecular weight is 1470 g/mol. The van der Waals surface area contributed by atoms with Crippen molar-refractivity contribution in [1.29, 1.82) is 0 Å². The molecule has 2 amide bonds. The number of nitrogens with one attached hydrogen (secondary N) is 2. The number of fused-ring (bicyclic) bond motifs is 2. The van der Waals surface area contributed by atoms with Crippen LogP contribution in [0.5, 0.6) is 23.0 Å². The summed E-state index contributed by atoms with van der Waals surface area (Å²) >= 11 is 4.71. The van der Waals surface area contributed by atoms with Crippen molar-refractivity contribution in [2.75, 3.05) is 63.8 Å². The monoisotopic (exact) mass is 1470 g/mol. The standard InChI is InChI=1S/C43H55N7O3.C40H51N7O2.C3H3ClO/c1-3-35(51)23-33-22-32(9-10-37(33)53-36-7-5-4-6-8-36)39-38-40(44)46-27-47-41(38)50(48-39)34-12-16-49(17-13-34)18-15-45-42(52)28(2)11-14-43-24-29-19-30(25-43)21-31(20-29)26-43;1-26(10-13-40-22-28-18-29(23-40)20-30(19-28)24-40)39(48)42-14-17-46-15-11-32(12-16-46)47-38-36(27(2)43-25-44-38)37(45-47)31-8-9-35(34(41)21-31)49-33-6-4-3-5-7-33;1-2-3(4)5/h4-10,22,27-31,34H,3,11-21,23-26H2,1-2H3,(H,45,52)(H2,44,46,47);3-9,21,25-26,28-30,32H,10-20,22-24,41H2,1-2H3,(H,42,48);2H,1H2/t28-,29?,30?,31?,43?;26-,28?,29?,30?,40?;/m11./s1. The molecule has 0 radical (unpaired) electrons.